The van der Waals surface area contributed by atoms with Crippen LogP contribution < -0.4 is 10.2 Å². The van der Waals surface area contributed by atoms with Crippen molar-refractivity contribution in [1.82, 2.24) is 0 Å². The van der Waals surface area contributed by atoms with Crippen molar-refractivity contribution in [2.75, 3.05) is 0 Å². The average molecular weight is 330 g/mol. The molecule has 1 aromatic carbocycles. The number of hydrogen-bond donors (Lipinski definition) is 0. The summed E-state index contributed by atoms with van der Waals surface area (Å²) in [4.78, 5) is 0. The summed E-state index contributed by atoms with van der Waals surface area (Å²) < 4.78 is 18.4. The highest BCUT2D eigenvalue weighted by molar-refractivity contribution is 6.62. The Hall–Kier alpha value is -0.995. The van der Waals surface area contributed by atoms with Crippen molar-refractivity contribution in [3.63, 3.8) is 0 Å². The summed E-state index contributed by atoms with van der Waals surface area (Å²) in [7, 11) is -0.302. The Kier molecular flexibility index (Phi) is 4.99. The maximum absolute atomic E-state index is 6.17. The third kappa shape index (κ3) is 3.65. The van der Waals surface area contributed by atoms with Crippen molar-refractivity contribution in [2.24, 2.45) is 5.92 Å². The topological polar surface area (TPSA) is 27.7 Å². The van der Waals surface area contributed by atoms with Gasteiger partial charge in [-0.2, -0.15) is 0 Å². The Morgan fingerprint density at radius 3 is 2.00 bits per heavy atom. The van der Waals surface area contributed by atoms with Crippen LogP contribution in [-0.4, -0.2) is 24.4 Å². The minimum atomic E-state index is -0.302. The van der Waals surface area contributed by atoms with Gasteiger partial charge in [0.05, 0.1) is 17.3 Å². The van der Waals surface area contributed by atoms with Gasteiger partial charge in [0.15, 0.2) is 0 Å². The van der Waals surface area contributed by atoms with Gasteiger partial charge in [-0.25, -0.2) is 0 Å². The van der Waals surface area contributed by atoms with E-state index in [-0.39, 0.29) is 18.3 Å². The number of hydrogen-bond acceptors (Lipinski definition) is 3. The van der Waals surface area contributed by atoms with Crippen molar-refractivity contribution in [1.29, 1.82) is 0 Å². The van der Waals surface area contributed by atoms with Gasteiger partial charge < -0.3 is 14.0 Å². The zero-order valence-corrected chi connectivity index (χ0v) is 15.8. The minimum Gasteiger partial charge on any atom is -0.490 e. The van der Waals surface area contributed by atoms with Gasteiger partial charge in [-0.1, -0.05) is 25.5 Å². The molecular weight excluding hydrogens is 299 g/mol. The van der Waals surface area contributed by atoms with Crippen LogP contribution in [0.5, 0.6) is 5.75 Å². The molecule has 0 amide bonds. The molecule has 0 atom stereocenters. The van der Waals surface area contributed by atoms with Crippen LogP contribution in [0.4, 0.5) is 0 Å². The highest BCUT2D eigenvalue weighted by Gasteiger charge is 2.51. The third-order valence-electron chi connectivity index (χ3n) is 6.08. The first-order valence-electron chi connectivity index (χ1n) is 9.43. The molecule has 4 heteroatoms. The van der Waals surface area contributed by atoms with E-state index in [0.29, 0.717) is 6.10 Å². The molecular formula is C20H31BO3. The first-order chi connectivity index (χ1) is 11.3. The van der Waals surface area contributed by atoms with E-state index in [4.69, 9.17) is 14.0 Å². The van der Waals surface area contributed by atoms with Crippen molar-refractivity contribution in [3.8, 4) is 5.75 Å². The van der Waals surface area contributed by atoms with Gasteiger partial charge in [-0.3, -0.25) is 0 Å². The van der Waals surface area contributed by atoms with Crippen LogP contribution in [0.3, 0.4) is 0 Å². The van der Waals surface area contributed by atoms with Crippen molar-refractivity contribution >= 4 is 12.6 Å². The maximum Gasteiger partial charge on any atom is 0.494 e. The Morgan fingerprint density at radius 2 is 1.50 bits per heavy atom. The predicted molar refractivity (Wildman–Crippen MR) is 98.8 cm³/mol. The summed E-state index contributed by atoms with van der Waals surface area (Å²) in [6.07, 6.45) is 6.63. The van der Waals surface area contributed by atoms with E-state index in [9.17, 15) is 0 Å². The molecule has 1 aliphatic carbocycles. The Balaban J connectivity index is 1.59. The normalized spacial score (nSPS) is 28.8. The lowest BCUT2D eigenvalue weighted by Gasteiger charge is -2.32. The number of rotatable bonds is 4. The zero-order valence-electron chi connectivity index (χ0n) is 15.8. The van der Waals surface area contributed by atoms with Gasteiger partial charge in [-0.15, -0.1) is 0 Å². The summed E-state index contributed by atoms with van der Waals surface area (Å²) in [5, 5.41) is 0. The smallest absolute Gasteiger partial charge is 0.490 e. The van der Waals surface area contributed by atoms with Gasteiger partial charge in [0.1, 0.15) is 5.75 Å². The number of ether oxygens (including phenoxy) is 1. The number of benzene rings is 1. The molecule has 2 aliphatic rings. The molecule has 1 aliphatic heterocycles. The van der Waals surface area contributed by atoms with Crippen LogP contribution in [0.2, 0.25) is 0 Å². The summed E-state index contributed by atoms with van der Waals surface area (Å²) in [5.74, 6) is 1.85. The van der Waals surface area contributed by atoms with Crippen molar-refractivity contribution < 1.29 is 14.0 Å². The molecule has 132 valence electrons. The van der Waals surface area contributed by atoms with Crippen molar-refractivity contribution in [3.05, 3.63) is 24.3 Å². The highest BCUT2D eigenvalue weighted by atomic mass is 16.7. The van der Waals surface area contributed by atoms with Gasteiger partial charge in [0, 0.05) is 0 Å². The van der Waals surface area contributed by atoms with Crippen LogP contribution in [-0.2, 0) is 9.31 Å². The van der Waals surface area contributed by atoms with Crippen LogP contribution in [0, 0.1) is 5.92 Å². The molecule has 3 nitrogen and oxygen atoms in total. The molecule has 0 unspecified atom stereocenters. The Labute approximate surface area is 147 Å². The van der Waals surface area contributed by atoms with Gasteiger partial charge in [0.2, 0.25) is 0 Å². The lowest BCUT2D eigenvalue weighted by atomic mass is 9.79. The lowest BCUT2D eigenvalue weighted by molar-refractivity contribution is 0.00578. The van der Waals surface area contributed by atoms with Gasteiger partial charge in [-0.05, 0) is 76.9 Å². The van der Waals surface area contributed by atoms with E-state index in [2.05, 4.69) is 46.8 Å². The second kappa shape index (κ2) is 6.72. The van der Waals surface area contributed by atoms with Crippen LogP contribution in [0.1, 0.15) is 66.7 Å². The fraction of sp³-hybridized carbons (Fsp3) is 0.700. The SMILES string of the molecule is CCC1CCC(Oc2ccc(B3OC(C)(C)C(C)(C)O3)cc2)CC1. The molecule has 1 saturated carbocycles. The van der Waals surface area contributed by atoms with E-state index in [0.717, 1.165) is 17.1 Å². The standard InChI is InChI=1S/C20H31BO3/c1-6-15-7-11-17(12-8-15)22-18-13-9-16(10-14-18)21-23-19(2,3)20(4,5)24-21/h9-10,13-15,17H,6-8,11-12H2,1-5H3. The average Bonchev–Trinajstić information content (AvgIpc) is 2.77. The molecule has 0 bridgehead atoms. The second-order valence-corrected chi connectivity index (χ2v) is 8.33. The highest BCUT2D eigenvalue weighted by Crippen LogP contribution is 2.36. The third-order valence-corrected chi connectivity index (χ3v) is 6.08. The molecule has 0 N–H and O–H groups in total. The van der Waals surface area contributed by atoms with Gasteiger partial charge >= 0.3 is 7.12 Å². The molecule has 0 aromatic heterocycles. The van der Waals surface area contributed by atoms with Gasteiger partial charge in [0.25, 0.3) is 0 Å². The quantitative estimate of drug-likeness (QED) is 0.769. The summed E-state index contributed by atoms with van der Waals surface area (Å²) >= 11 is 0. The second-order valence-electron chi connectivity index (χ2n) is 8.33. The first-order valence-corrected chi connectivity index (χ1v) is 9.43. The first kappa shape index (κ1) is 17.8. The van der Waals surface area contributed by atoms with Crippen molar-refractivity contribution in [2.45, 2.75) is 84.0 Å². The minimum absolute atomic E-state index is 0.301. The molecule has 24 heavy (non-hydrogen) atoms. The summed E-state index contributed by atoms with van der Waals surface area (Å²) in [6.45, 7) is 10.6. The van der Waals surface area contributed by atoms with Crippen LogP contribution in [0.25, 0.3) is 0 Å². The van der Waals surface area contributed by atoms with E-state index in [1.54, 1.807) is 0 Å². The van der Waals surface area contributed by atoms with Crippen LogP contribution >= 0.6 is 0 Å². The molecule has 0 radical (unpaired) electrons. The lowest BCUT2D eigenvalue weighted by Crippen LogP contribution is -2.41. The molecule has 0 spiro atoms. The summed E-state index contributed by atoms with van der Waals surface area (Å²) in [6, 6.07) is 8.23. The molecule has 2 fully saturated rings. The molecule has 1 aromatic rings. The Morgan fingerprint density at radius 1 is 0.958 bits per heavy atom. The van der Waals surface area contributed by atoms with E-state index in [1.165, 1.54) is 32.1 Å². The van der Waals surface area contributed by atoms with E-state index < -0.39 is 0 Å². The zero-order chi connectivity index (χ0) is 17.4. The largest absolute Gasteiger partial charge is 0.494 e. The molecule has 1 saturated heterocycles. The van der Waals surface area contributed by atoms with E-state index >= 15 is 0 Å². The predicted octanol–water partition coefficient (Wildman–Crippen LogP) is 4.33. The Bertz CT molecular complexity index is 529. The maximum atomic E-state index is 6.17. The monoisotopic (exact) mass is 330 g/mol. The fourth-order valence-electron chi connectivity index (χ4n) is 3.53. The summed E-state index contributed by atoms with van der Waals surface area (Å²) in [5.41, 5.74) is 0.450. The molecule has 3 rings (SSSR count). The van der Waals surface area contributed by atoms with E-state index in [1.807, 2.05) is 12.1 Å². The molecule has 1 heterocycles. The van der Waals surface area contributed by atoms with Crippen LogP contribution in [0.15, 0.2) is 24.3 Å². The fourth-order valence-corrected chi connectivity index (χ4v) is 3.53.